The van der Waals surface area contributed by atoms with Crippen LogP contribution in [0.4, 0.5) is 0 Å². The minimum absolute atomic E-state index is 0.331. The smallest absolute Gasteiger partial charge is 0.344 e. The monoisotopic (exact) mass is 448 g/mol. The quantitative estimate of drug-likeness (QED) is 0.374. The molecule has 0 aliphatic carbocycles. The second kappa shape index (κ2) is 8.33. The molecule has 2 heterocycles. The highest BCUT2D eigenvalue weighted by Crippen LogP contribution is 2.38. The number of quaternary nitrogens is 1. The average Bonchev–Trinajstić information content (AvgIpc) is 2.83. The van der Waals surface area contributed by atoms with Gasteiger partial charge >= 0.3 is 5.63 Å². The molecule has 7 nitrogen and oxygen atoms in total. The van der Waals surface area contributed by atoms with Crippen LogP contribution in [0.3, 0.4) is 0 Å². The summed E-state index contributed by atoms with van der Waals surface area (Å²) in [6.45, 7) is 3.84. The van der Waals surface area contributed by atoms with Crippen LogP contribution in [0.2, 0.25) is 0 Å². The van der Waals surface area contributed by atoms with Gasteiger partial charge in [0.15, 0.2) is 17.1 Å². The van der Waals surface area contributed by atoms with Crippen molar-refractivity contribution in [2.45, 2.75) is 20.0 Å². The lowest BCUT2D eigenvalue weighted by Gasteiger charge is -2.27. The number of hydrogen-bond donors (Lipinski definition) is 1. The molecule has 0 radical (unpaired) electrons. The molecule has 0 amide bonds. The van der Waals surface area contributed by atoms with Crippen molar-refractivity contribution in [1.29, 1.82) is 0 Å². The summed E-state index contributed by atoms with van der Waals surface area (Å²) in [6.07, 6.45) is 0. The number of methoxy groups -OCH3 is 3. The minimum atomic E-state index is -0.331. The summed E-state index contributed by atoms with van der Waals surface area (Å²) in [4.78, 5) is 13.9. The summed E-state index contributed by atoms with van der Waals surface area (Å²) in [6, 6.07) is 13.5. The van der Waals surface area contributed by atoms with Crippen LogP contribution in [-0.2, 0) is 13.1 Å². The Morgan fingerprint density at radius 2 is 1.67 bits per heavy atom. The molecule has 33 heavy (non-hydrogen) atoms. The summed E-state index contributed by atoms with van der Waals surface area (Å²) >= 11 is 0. The first kappa shape index (κ1) is 21.2. The molecule has 1 N–H and O–H groups in total. The maximum Gasteiger partial charge on any atom is 0.344 e. The Bertz CT molecular complexity index is 1400. The van der Waals surface area contributed by atoms with Gasteiger partial charge in [-0.05, 0) is 36.8 Å². The van der Waals surface area contributed by atoms with Gasteiger partial charge in [-0.15, -0.1) is 0 Å². The van der Waals surface area contributed by atoms with Gasteiger partial charge in [0, 0.05) is 16.3 Å². The number of hydrogen-bond acceptors (Lipinski definition) is 6. The van der Waals surface area contributed by atoms with Gasteiger partial charge in [-0.25, -0.2) is 4.79 Å². The molecule has 1 aromatic heterocycles. The fourth-order valence-electron chi connectivity index (χ4n) is 4.69. The Morgan fingerprint density at radius 3 is 2.33 bits per heavy atom. The topological polar surface area (TPSA) is 71.6 Å². The summed E-state index contributed by atoms with van der Waals surface area (Å²) in [5.41, 5.74) is 3.23. The van der Waals surface area contributed by atoms with Crippen LogP contribution < -0.4 is 29.5 Å². The van der Waals surface area contributed by atoms with Crippen LogP contribution >= 0.6 is 0 Å². The lowest BCUT2D eigenvalue weighted by molar-refractivity contribution is -0.945. The zero-order chi connectivity index (χ0) is 23.1. The molecule has 1 aliphatic heterocycles. The van der Waals surface area contributed by atoms with E-state index in [-0.39, 0.29) is 5.63 Å². The zero-order valence-electron chi connectivity index (χ0n) is 19.1. The van der Waals surface area contributed by atoms with E-state index in [9.17, 15) is 4.79 Å². The van der Waals surface area contributed by atoms with Crippen LogP contribution in [0.1, 0.15) is 16.7 Å². The molecule has 5 rings (SSSR count). The predicted octanol–water partition coefficient (Wildman–Crippen LogP) is 3.22. The molecule has 1 atom stereocenters. The van der Waals surface area contributed by atoms with Crippen LogP contribution in [0.15, 0.2) is 51.7 Å². The van der Waals surface area contributed by atoms with Gasteiger partial charge in [0.05, 0.1) is 32.3 Å². The fraction of sp³-hybridized carbons (Fsp3) is 0.269. The average molecular weight is 448 g/mol. The number of benzene rings is 3. The van der Waals surface area contributed by atoms with Crippen molar-refractivity contribution in [3.05, 3.63) is 69.6 Å². The molecular weight excluding hydrogens is 422 g/mol. The molecule has 170 valence electrons. The Morgan fingerprint density at radius 1 is 0.970 bits per heavy atom. The Labute approximate surface area is 191 Å². The van der Waals surface area contributed by atoms with Crippen molar-refractivity contribution in [2.24, 2.45) is 0 Å². The van der Waals surface area contributed by atoms with E-state index in [1.54, 1.807) is 27.4 Å². The molecule has 4 aromatic rings. The molecule has 3 aromatic carbocycles. The first-order chi connectivity index (χ1) is 16.0. The lowest BCUT2D eigenvalue weighted by Crippen LogP contribution is -3.10. The standard InChI is InChI=1S/C26H25NO6/c1-15-9-20-19(24-23(15)17-7-5-6-8-18(17)26(28)33-24)13-27(14-32-20)12-16-10-21(29-2)25(31-4)22(11-16)30-3/h5-11H,12-14H2,1-4H3/p+1. The maximum absolute atomic E-state index is 12.7. The van der Waals surface area contributed by atoms with Crippen molar-refractivity contribution < 1.29 is 28.3 Å². The van der Waals surface area contributed by atoms with Crippen molar-refractivity contribution in [3.63, 3.8) is 0 Å². The molecule has 0 spiro atoms. The van der Waals surface area contributed by atoms with Crippen LogP contribution in [0.5, 0.6) is 23.0 Å². The first-order valence-electron chi connectivity index (χ1n) is 10.8. The Balaban J connectivity index is 1.56. The van der Waals surface area contributed by atoms with E-state index in [0.29, 0.717) is 48.0 Å². The predicted molar refractivity (Wildman–Crippen MR) is 125 cm³/mol. The minimum Gasteiger partial charge on any atom is -0.493 e. The largest absolute Gasteiger partial charge is 0.493 e. The molecule has 7 heteroatoms. The van der Waals surface area contributed by atoms with Crippen LogP contribution in [-0.4, -0.2) is 28.1 Å². The first-order valence-corrected chi connectivity index (χ1v) is 10.8. The summed E-state index contributed by atoms with van der Waals surface area (Å²) < 4.78 is 28.4. The van der Waals surface area contributed by atoms with Gasteiger partial charge in [-0.2, -0.15) is 0 Å². The van der Waals surface area contributed by atoms with Crippen molar-refractivity contribution in [2.75, 3.05) is 28.1 Å². The van der Waals surface area contributed by atoms with Gasteiger partial charge in [-0.1, -0.05) is 18.2 Å². The Hall–Kier alpha value is -3.71. The molecular formula is C26H26NO6+. The normalized spacial score (nSPS) is 15.2. The fourth-order valence-corrected chi connectivity index (χ4v) is 4.69. The van der Waals surface area contributed by atoms with E-state index in [0.717, 1.165) is 38.1 Å². The van der Waals surface area contributed by atoms with Gasteiger partial charge in [0.1, 0.15) is 18.8 Å². The second-order valence-electron chi connectivity index (χ2n) is 8.24. The van der Waals surface area contributed by atoms with Gasteiger partial charge < -0.3 is 23.4 Å². The van der Waals surface area contributed by atoms with Crippen molar-refractivity contribution >= 4 is 21.7 Å². The van der Waals surface area contributed by atoms with Crippen molar-refractivity contribution in [3.8, 4) is 23.0 Å². The maximum atomic E-state index is 12.7. The van der Waals surface area contributed by atoms with E-state index in [1.807, 2.05) is 43.3 Å². The number of rotatable bonds is 5. The SMILES string of the molecule is COc1cc(C[NH+]2COc3cc(C)c4c(oc(=O)c5ccccc54)c3C2)cc(OC)c1OC. The van der Waals surface area contributed by atoms with E-state index >= 15 is 0 Å². The number of aryl methyl sites for hydroxylation is 1. The summed E-state index contributed by atoms with van der Waals surface area (Å²) in [5.74, 6) is 2.56. The lowest BCUT2D eigenvalue weighted by atomic mass is 9.98. The third kappa shape index (κ3) is 3.54. The van der Waals surface area contributed by atoms with E-state index in [4.69, 9.17) is 23.4 Å². The molecule has 0 saturated carbocycles. The van der Waals surface area contributed by atoms with Crippen LogP contribution in [0, 0.1) is 6.92 Å². The number of fused-ring (bicyclic) bond motifs is 5. The van der Waals surface area contributed by atoms with Crippen LogP contribution in [0.25, 0.3) is 21.7 Å². The number of ether oxygens (including phenoxy) is 4. The molecule has 0 bridgehead atoms. The third-order valence-corrected chi connectivity index (χ3v) is 6.19. The zero-order valence-corrected chi connectivity index (χ0v) is 19.1. The van der Waals surface area contributed by atoms with Gasteiger partial charge in [0.2, 0.25) is 12.5 Å². The van der Waals surface area contributed by atoms with Gasteiger partial charge in [-0.3, -0.25) is 4.90 Å². The van der Waals surface area contributed by atoms with Crippen molar-refractivity contribution in [1.82, 2.24) is 0 Å². The molecule has 0 fully saturated rings. The second-order valence-corrected chi connectivity index (χ2v) is 8.24. The Kier molecular flexibility index (Phi) is 5.34. The highest BCUT2D eigenvalue weighted by Gasteiger charge is 2.27. The number of nitrogens with one attached hydrogen (secondary N) is 1. The van der Waals surface area contributed by atoms with Gasteiger partial charge in [0.25, 0.3) is 0 Å². The van der Waals surface area contributed by atoms with E-state index < -0.39 is 0 Å². The van der Waals surface area contributed by atoms with E-state index in [1.165, 1.54) is 0 Å². The highest BCUT2D eigenvalue weighted by atomic mass is 16.5. The molecule has 1 aliphatic rings. The molecule has 1 unspecified atom stereocenters. The highest BCUT2D eigenvalue weighted by molar-refractivity contribution is 6.07. The third-order valence-electron chi connectivity index (χ3n) is 6.19. The molecule has 0 saturated heterocycles. The van der Waals surface area contributed by atoms with E-state index in [2.05, 4.69) is 0 Å². The summed E-state index contributed by atoms with van der Waals surface area (Å²) in [7, 11) is 4.80. The summed E-state index contributed by atoms with van der Waals surface area (Å²) in [5, 5.41) is 2.45.